The average Bonchev–Trinajstić information content (AvgIpc) is 2.43. The van der Waals surface area contributed by atoms with Crippen molar-refractivity contribution >= 4 is 0 Å². The van der Waals surface area contributed by atoms with Gasteiger partial charge in [0.2, 0.25) is 0 Å². The molecule has 2 nitrogen and oxygen atoms in total. The fourth-order valence-electron chi connectivity index (χ4n) is 3.11. The smallest absolute Gasteiger partial charge is 0.0304 e. The Hall–Kier alpha value is -0.860. The van der Waals surface area contributed by atoms with Crippen LogP contribution in [0.15, 0.2) is 18.2 Å². The van der Waals surface area contributed by atoms with Gasteiger partial charge in [0.05, 0.1) is 0 Å². The van der Waals surface area contributed by atoms with Crippen LogP contribution in [-0.2, 0) is 6.54 Å². The maximum absolute atomic E-state index is 3.73. The highest BCUT2D eigenvalue weighted by Gasteiger charge is 2.31. The third-order valence-corrected chi connectivity index (χ3v) is 4.71. The first kappa shape index (κ1) is 14.5. The van der Waals surface area contributed by atoms with Gasteiger partial charge in [0.25, 0.3) is 0 Å². The Bertz CT molecular complexity index is 421. The monoisotopic (exact) mass is 260 g/mol. The SMILES string of the molecule is CCC1(CC)CN(Cc2cc(C)ccc2C)CCN1. The van der Waals surface area contributed by atoms with E-state index in [1.807, 2.05) is 0 Å². The molecule has 0 radical (unpaired) electrons. The summed E-state index contributed by atoms with van der Waals surface area (Å²) >= 11 is 0. The third kappa shape index (κ3) is 3.37. The van der Waals surface area contributed by atoms with Crippen LogP contribution in [-0.4, -0.2) is 30.1 Å². The van der Waals surface area contributed by atoms with E-state index >= 15 is 0 Å². The number of piperazine rings is 1. The van der Waals surface area contributed by atoms with Crippen molar-refractivity contribution in [2.24, 2.45) is 0 Å². The zero-order valence-corrected chi connectivity index (χ0v) is 12.9. The molecule has 1 heterocycles. The molecular formula is C17H28N2. The minimum atomic E-state index is 0.329. The first-order valence-electron chi connectivity index (χ1n) is 7.62. The predicted octanol–water partition coefficient (Wildman–Crippen LogP) is 3.27. The van der Waals surface area contributed by atoms with E-state index in [4.69, 9.17) is 0 Å². The van der Waals surface area contributed by atoms with Crippen LogP contribution >= 0.6 is 0 Å². The van der Waals surface area contributed by atoms with Crippen LogP contribution in [0.2, 0.25) is 0 Å². The number of hydrogen-bond donors (Lipinski definition) is 1. The fourth-order valence-corrected chi connectivity index (χ4v) is 3.11. The van der Waals surface area contributed by atoms with Crippen LogP contribution in [0, 0.1) is 13.8 Å². The molecule has 1 aromatic rings. The molecule has 0 atom stereocenters. The van der Waals surface area contributed by atoms with Crippen LogP contribution in [0.4, 0.5) is 0 Å². The maximum atomic E-state index is 3.73. The molecule has 19 heavy (non-hydrogen) atoms. The van der Waals surface area contributed by atoms with Gasteiger partial charge in [-0.1, -0.05) is 37.6 Å². The largest absolute Gasteiger partial charge is 0.309 e. The van der Waals surface area contributed by atoms with Crippen molar-refractivity contribution in [1.29, 1.82) is 0 Å². The first-order valence-corrected chi connectivity index (χ1v) is 7.62. The van der Waals surface area contributed by atoms with Gasteiger partial charge in [0.15, 0.2) is 0 Å². The molecule has 0 unspecified atom stereocenters. The molecule has 1 aliphatic heterocycles. The van der Waals surface area contributed by atoms with Gasteiger partial charge >= 0.3 is 0 Å². The number of rotatable bonds is 4. The molecule has 0 amide bonds. The summed E-state index contributed by atoms with van der Waals surface area (Å²) in [7, 11) is 0. The second-order valence-electron chi connectivity index (χ2n) is 6.05. The molecule has 0 saturated carbocycles. The fraction of sp³-hybridized carbons (Fsp3) is 0.647. The van der Waals surface area contributed by atoms with Gasteiger partial charge < -0.3 is 5.32 Å². The minimum absolute atomic E-state index is 0.329. The summed E-state index contributed by atoms with van der Waals surface area (Å²) in [6, 6.07) is 6.80. The number of aryl methyl sites for hydroxylation is 2. The Balaban J connectivity index is 2.08. The van der Waals surface area contributed by atoms with Gasteiger partial charge in [-0.25, -0.2) is 0 Å². The van der Waals surface area contributed by atoms with Crippen molar-refractivity contribution in [3.8, 4) is 0 Å². The highest BCUT2D eigenvalue weighted by atomic mass is 15.2. The molecular weight excluding hydrogens is 232 g/mol. The Labute approximate surface area is 118 Å². The van der Waals surface area contributed by atoms with Crippen molar-refractivity contribution in [2.45, 2.75) is 52.6 Å². The van der Waals surface area contributed by atoms with Crippen LogP contribution in [0.5, 0.6) is 0 Å². The van der Waals surface area contributed by atoms with Crippen molar-refractivity contribution < 1.29 is 0 Å². The minimum Gasteiger partial charge on any atom is -0.309 e. The van der Waals surface area contributed by atoms with Gasteiger partial charge in [-0.05, 0) is 37.8 Å². The molecule has 1 fully saturated rings. The van der Waals surface area contributed by atoms with Crippen molar-refractivity contribution in [1.82, 2.24) is 10.2 Å². The molecule has 1 aliphatic rings. The lowest BCUT2D eigenvalue weighted by Crippen LogP contribution is -2.59. The van der Waals surface area contributed by atoms with Crippen LogP contribution in [0.1, 0.15) is 43.4 Å². The number of nitrogens with one attached hydrogen (secondary N) is 1. The van der Waals surface area contributed by atoms with Crippen molar-refractivity contribution in [3.05, 3.63) is 34.9 Å². The van der Waals surface area contributed by atoms with E-state index in [2.05, 4.69) is 56.1 Å². The average molecular weight is 260 g/mol. The van der Waals surface area contributed by atoms with E-state index in [0.29, 0.717) is 5.54 Å². The van der Waals surface area contributed by atoms with E-state index in [-0.39, 0.29) is 0 Å². The summed E-state index contributed by atoms with van der Waals surface area (Å²) in [6.45, 7) is 13.6. The van der Waals surface area contributed by atoms with Gasteiger partial charge in [0, 0.05) is 31.7 Å². The zero-order chi connectivity index (χ0) is 13.9. The molecule has 2 rings (SSSR count). The van der Waals surface area contributed by atoms with E-state index in [9.17, 15) is 0 Å². The van der Waals surface area contributed by atoms with E-state index in [0.717, 1.165) is 19.6 Å². The van der Waals surface area contributed by atoms with Crippen LogP contribution in [0.25, 0.3) is 0 Å². The molecule has 0 bridgehead atoms. The summed E-state index contributed by atoms with van der Waals surface area (Å²) in [6.07, 6.45) is 2.43. The molecule has 1 saturated heterocycles. The zero-order valence-electron chi connectivity index (χ0n) is 12.9. The summed E-state index contributed by atoms with van der Waals surface area (Å²) in [5, 5.41) is 3.73. The van der Waals surface area contributed by atoms with Gasteiger partial charge in [-0.2, -0.15) is 0 Å². The molecule has 0 spiro atoms. The Morgan fingerprint density at radius 3 is 2.63 bits per heavy atom. The quantitative estimate of drug-likeness (QED) is 0.894. The first-order chi connectivity index (χ1) is 9.08. The summed E-state index contributed by atoms with van der Waals surface area (Å²) in [5.41, 5.74) is 4.61. The summed E-state index contributed by atoms with van der Waals surface area (Å²) in [4.78, 5) is 2.62. The standard InChI is InChI=1S/C17H28N2/c1-5-17(6-2)13-19(10-9-18-17)12-16-11-14(3)7-8-15(16)4/h7-8,11,18H,5-6,9-10,12-13H2,1-4H3. The van der Waals surface area contributed by atoms with E-state index in [1.165, 1.54) is 36.1 Å². The molecule has 106 valence electrons. The van der Waals surface area contributed by atoms with Crippen molar-refractivity contribution in [3.63, 3.8) is 0 Å². The number of nitrogens with zero attached hydrogens (tertiary/aromatic N) is 1. The van der Waals surface area contributed by atoms with Crippen LogP contribution < -0.4 is 5.32 Å². The Morgan fingerprint density at radius 1 is 1.21 bits per heavy atom. The molecule has 1 aromatic carbocycles. The lowest BCUT2D eigenvalue weighted by molar-refractivity contribution is 0.118. The van der Waals surface area contributed by atoms with Gasteiger partial charge in [0.1, 0.15) is 0 Å². The van der Waals surface area contributed by atoms with Crippen molar-refractivity contribution in [2.75, 3.05) is 19.6 Å². The van der Waals surface area contributed by atoms with E-state index in [1.54, 1.807) is 0 Å². The summed E-state index contributed by atoms with van der Waals surface area (Å²) < 4.78 is 0. The normalized spacial score (nSPS) is 19.6. The highest BCUT2D eigenvalue weighted by Crippen LogP contribution is 2.22. The maximum Gasteiger partial charge on any atom is 0.0304 e. The lowest BCUT2D eigenvalue weighted by atomic mass is 9.90. The number of benzene rings is 1. The predicted molar refractivity (Wildman–Crippen MR) is 82.5 cm³/mol. The highest BCUT2D eigenvalue weighted by molar-refractivity contribution is 5.30. The third-order valence-electron chi connectivity index (χ3n) is 4.71. The second kappa shape index (κ2) is 6.06. The lowest BCUT2D eigenvalue weighted by Gasteiger charge is -2.43. The van der Waals surface area contributed by atoms with E-state index < -0.39 is 0 Å². The molecule has 1 N–H and O–H groups in total. The Kier molecular flexibility index (Phi) is 4.64. The van der Waals surface area contributed by atoms with Gasteiger partial charge in [-0.3, -0.25) is 4.90 Å². The Morgan fingerprint density at radius 2 is 1.95 bits per heavy atom. The topological polar surface area (TPSA) is 15.3 Å². The molecule has 0 aliphatic carbocycles. The van der Waals surface area contributed by atoms with Gasteiger partial charge in [-0.15, -0.1) is 0 Å². The molecule has 0 aromatic heterocycles. The summed E-state index contributed by atoms with van der Waals surface area (Å²) in [5.74, 6) is 0. The second-order valence-corrected chi connectivity index (χ2v) is 6.05. The molecule has 2 heteroatoms. The number of hydrogen-bond acceptors (Lipinski definition) is 2. The van der Waals surface area contributed by atoms with Crippen LogP contribution in [0.3, 0.4) is 0 Å².